The van der Waals surface area contributed by atoms with Gasteiger partial charge in [0.2, 0.25) is 11.9 Å². The lowest BCUT2D eigenvalue weighted by Crippen LogP contribution is -2.32. The summed E-state index contributed by atoms with van der Waals surface area (Å²) in [6.45, 7) is 1.65. The fourth-order valence-corrected chi connectivity index (χ4v) is 2.26. The van der Waals surface area contributed by atoms with Crippen LogP contribution in [0.3, 0.4) is 0 Å². The Morgan fingerprint density at radius 1 is 1.16 bits per heavy atom. The van der Waals surface area contributed by atoms with Crippen molar-refractivity contribution in [3.8, 4) is 6.01 Å². The number of ether oxygens (including phenoxy) is 1. The molecule has 1 aliphatic heterocycles. The number of hydrogen-bond acceptors (Lipinski definition) is 6. The van der Waals surface area contributed by atoms with Crippen LogP contribution >= 0.6 is 0 Å². The topological polar surface area (TPSA) is 77.2 Å². The molecule has 98 valence electrons. The number of benzene rings is 1. The van der Waals surface area contributed by atoms with E-state index < -0.39 is 0 Å². The highest BCUT2D eigenvalue weighted by atomic mass is 16.5. The van der Waals surface area contributed by atoms with Gasteiger partial charge in [0.05, 0.1) is 7.11 Å². The molecule has 6 nitrogen and oxygen atoms in total. The van der Waals surface area contributed by atoms with E-state index in [1.165, 1.54) is 18.2 Å². The first kappa shape index (κ1) is 11.7. The number of rotatable bonds is 2. The van der Waals surface area contributed by atoms with Crippen LogP contribution in [-0.4, -0.2) is 28.6 Å². The van der Waals surface area contributed by atoms with Gasteiger partial charge < -0.3 is 15.4 Å². The lowest BCUT2D eigenvalue weighted by molar-refractivity contribution is 0.378. The molecular formula is C13H15N5O. The zero-order valence-electron chi connectivity index (χ0n) is 10.7. The lowest BCUT2D eigenvalue weighted by atomic mass is 10.0. The normalized spacial score (nSPS) is 14.1. The molecule has 1 aromatic heterocycles. The van der Waals surface area contributed by atoms with Gasteiger partial charge in [-0.3, -0.25) is 0 Å². The number of nitrogens with zero attached hydrogens (tertiary/aromatic N) is 4. The van der Waals surface area contributed by atoms with Crippen molar-refractivity contribution in [3.05, 3.63) is 35.4 Å². The van der Waals surface area contributed by atoms with Gasteiger partial charge in [-0.05, 0) is 17.5 Å². The molecule has 2 N–H and O–H groups in total. The molecule has 0 spiro atoms. The van der Waals surface area contributed by atoms with Crippen molar-refractivity contribution in [1.29, 1.82) is 0 Å². The van der Waals surface area contributed by atoms with Crippen molar-refractivity contribution in [2.75, 3.05) is 24.3 Å². The Morgan fingerprint density at radius 2 is 1.95 bits per heavy atom. The highest BCUT2D eigenvalue weighted by Crippen LogP contribution is 2.22. The van der Waals surface area contributed by atoms with Crippen molar-refractivity contribution in [2.45, 2.75) is 13.0 Å². The summed E-state index contributed by atoms with van der Waals surface area (Å²) in [5.74, 6) is 0.750. The van der Waals surface area contributed by atoms with Gasteiger partial charge in [0.1, 0.15) is 0 Å². The van der Waals surface area contributed by atoms with Gasteiger partial charge in [-0.2, -0.15) is 15.0 Å². The van der Waals surface area contributed by atoms with Gasteiger partial charge in [0.25, 0.3) is 0 Å². The number of methoxy groups -OCH3 is 1. The first-order valence-electron chi connectivity index (χ1n) is 6.13. The Balaban J connectivity index is 1.90. The molecule has 1 aliphatic rings. The van der Waals surface area contributed by atoms with Crippen LogP contribution in [0.1, 0.15) is 11.1 Å². The van der Waals surface area contributed by atoms with Crippen LogP contribution in [-0.2, 0) is 13.0 Å². The molecule has 2 aromatic rings. The molecule has 0 saturated carbocycles. The minimum Gasteiger partial charge on any atom is -0.467 e. The average molecular weight is 257 g/mol. The van der Waals surface area contributed by atoms with Gasteiger partial charge in [-0.25, -0.2) is 0 Å². The summed E-state index contributed by atoms with van der Waals surface area (Å²) in [5.41, 5.74) is 8.35. The molecule has 6 heteroatoms. The summed E-state index contributed by atoms with van der Waals surface area (Å²) in [5, 5.41) is 0. The molecule has 3 rings (SSSR count). The number of nitrogens with two attached hydrogens (primary N) is 1. The smallest absolute Gasteiger partial charge is 0.322 e. The maximum absolute atomic E-state index is 5.67. The van der Waals surface area contributed by atoms with E-state index in [4.69, 9.17) is 10.5 Å². The predicted molar refractivity (Wildman–Crippen MR) is 72.0 cm³/mol. The summed E-state index contributed by atoms with van der Waals surface area (Å²) >= 11 is 0. The van der Waals surface area contributed by atoms with Crippen molar-refractivity contribution in [2.24, 2.45) is 0 Å². The number of aromatic nitrogens is 3. The molecular weight excluding hydrogens is 242 g/mol. The first-order chi connectivity index (χ1) is 9.26. The fourth-order valence-electron chi connectivity index (χ4n) is 2.26. The second-order valence-corrected chi connectivity index (χ2v) is 4.42. The summed E-state index contributed by atoms with van der Waals surface area (Å²) in [6.07, 6.45) is 0.976. The molecule has 0 unspecified atom stereocenters. The van der Waals surface area contributed by atoms with Crippen LogP contribution in [0, 0.1) is 0 Å². The fraction of sp³-hybridized carbons (Fsp3) is 0.308. The Kier molecular flexibility index (Phi) is 2.91. The van der Waals surface area contributed by atoms with Crippen LogP contribution in [0.25, 0.3) is 0 Å². The highest BCUT2D eigenvalue weighted by Gasteiger charge is 2.19. The second-order valence-electron chi connectivity index (χ2n) is 4.42. The minimum absolute atomic E-state index is 0.181. The molecule has 2 heterocycles. The number of hydrogen-bond donors (Lipinski definition) is 1. The van der Waals surface area contributed by atoms with E-state index in [-0.39, 0.29) is 12.0 Å². The number of nitrogen functional groups attached to an aromatic ring is 1. The Morgan fingerprint density at radius 3 is 2.74 bits per heavy atom. The van der Waals surface area contributed by atoms with Crippen LogP contribution < -0.4 is 15.4 Å². The summed E-state index contributed by atoms with van der Waals surface area (Å²) in [6, 6.07) is 8.66. The summed E-state index contributed by atoms with van der Waals surface area (Å²) in [7, 11) is 1.52. The Hall–Kier alpha value is -2.37. The minimum atomic E-state index is 0.181. The monoisotopic (exact) mass is 257 g/mol. The second kappa shape index (κ2) is 4.72. The van der Waals surface area contributed by atoms with E-state index in [9.17, 15) is 0 Å². The zero-order valence-corrected chi connectivity index (χ0v) is 10.7. The predicted octanol–water partition coefficient (Wildman–Crippen LogP) is 1.03. The van der Waals surface area contributed by atoms with E-state index in [0.717, 1.165) is 19.5 Å². The van der Waals surface area contributed by atoms with Gasteiger partial charge in [-0.15, -0.1) is 0 Å². The van der Waals surface area contributed by atoms with Gasteiger partial charge in [0, 0.05) is 13.1 Å². The molecule has 0 aliphatic carbocycles. The molecule has 19 heavy (non-hydrogen) atoms. The van der Waals surface area contributed by atoms with Crippen molar-refractivity contribution >= 4 is 11.9 Å². The number of fused-ring (bicyclic) bond motifs is 1. The molecule has 0 amide bonds. The maximum Gasteiger partial charge on any atom is 0.322 e. The van der Waals surface area contributed by atoms with Crippen molar-refractivity contribution in [3.63, 3.8) is 0 Å². The molecule has 0 fully saturated rings. The highest BCUT2D eigenvalue weighted by molar-refractivity contribution is 5.42. The molecule has 0 radical (unpaired) electrons. The van der Waals surface area contributed by atoms with Crippen LogP contribution in [0.2, 0.25) is 0 Å². The largest absolute Gasteiger partial charge is 0.467 e. The van der Waals surface area contributed by atoms with Crippen molar-refractivity contribution < 1.29 is 4.74 Å². The Labute approximate surface area is 111 Å². The van der Waals surface area contributed by atoms with Gasteiger partial charge >= 0.3 is 6.01 Å². The standard InChI is InChI=1S/C13H15N5O/c1-19-13-16-11(14)15-12(17-13)18-7-6-9-4-2-3-5-10(9)8-18/h2-5H,6-8H2,1H3,(H2,14,15,16,17). The van der Waals surface area contributed by atoms with E-state index in [1.807, 2.05) is 6.07 Å². The van der Waals surface area contributed by atoms with Crippen molar-refractivity contribution in [1.82, 2.24) is 15.0 Å². The van der Waals surface area contributed by atoms with E-state index in [2.05, 4.69) is 38.1 Å². The third kappa shape index (κ3) is 2.29. The maximum atomic E-state index is 5.67. The number of anilines is 2. The molecule has 0 bridgehead atoms. The zero-order chi connectivity index (χ0) is 13.2. The van der Waals surface area contributed by atoms with Gasteiger partial charge in [-0.1, -0.05) is 24.3 Å². The molecule has 0 atom stereocenters. The SMILES string of the molecule is COc1nc(N)nc(N2CCc3ccccc3C2)n1. The van der Waals surface area contributed by atoms with Crippen LogP contribution in [0.4, 0.5) is 11.9 Å². The molecule has 1 aromatic carbocycles. The Bertz CT molecular complexity index is 601. The average Bonchev–Trinajstić information content (AvgIpc) is 2.46. The van der Waals surface area contributed by atoms with Gasteiger partial charge in [0.15, 0.2) is 0 Å². The molecule has 0 saturated heterocycles. The quantitative estimate of drug-likeness (QED) is 0.865. The van der Waals surface area contributed by atoms with E-state index >= 15 is 0 Å². The summed E-state index contributed by atoms with van der Waals surface area (Å²) < 4.78 is 5.03. The third-order valence-corrected chi connectivity index (χ3v) is 3.22. The van der Waals surface area contributed by atoms with E-state index in [1.54, 1.807) is 0 Å². The third-order valence-electron chi connectivity index (χ3n) is 3.22. The first-order valence-corrected chi connectivity index (χ1v) is 6.13. The lowest BCUT2D eigenvalue weighted by Gasteiger charge is -2.28. The van der Waals surface area contributed by atoms with Crippen LogP contribution in [0.15, 0.2) is 24.3 Å². The van der Waals surface area contributed by atoms with Crippen LogP contribution in [0.5, 0.6) is 6.01 Å². The van der Waals surface area contributed by atoms with E-state index in [0.29, 0.717) is 5.95 Å². The summed E-state index contributed by atoms with van der Waals surface area (Å²) in [4.78, 5) is 14.4.